The molecule has 0 aromatic heterocycles. The highest BCUT2D eigenvalue weighted by molar-refractivity contribution is 6.06. The molecule has 1 aliphatic rings. The highest BCUT2D eigenvalue weighted by atomic mass is 16.5. The number of hydrogen-bond acceptors (Lipinski definition) is 4. The Hall–Kier alpha value is -2.37. The third kappa shape index (κ3) is 3.27. The Morgan fingerprint density at radius 3 is 2.77 bits per heavy atom. The first kappa shape index (κ1) is 16.0. The Balaban J connectivity index is 2.24. The molecule has 1 atom stereocenters. The van der Waals surface area contributed by atoms with Crippen molar-refractivity contribution in [3.63, 3.8) is 0 Å². The standard InChI is InChI=1S/C16H20N2O4/c1-3-8-17-15(20)12-6-4-5-7-13(12)18-10-11(9-14(18)19)16(21)22-2/h4-7,11H,3,8-10H2,1-2H3,(H,17,20). The van der Waals surface area contributed by atoms with Gasteiger partial charge in [0.2, 0.25) is 5.91 Å². The van der Waals surface area contributed by atoms with Crippen LogP contribution in [-0.2, 0) is 14.3 Å². The van der Waals surface area contributed by atoms with Crippen LogP contribution in [0.5, 0.6) is 0 Å². The lowest BCUT2D eigenvalue weighted by Crippen LogP contribution is -2.31. The van der Waals surface area contributed by atoms with Gasteiger partial charge in [-0.2, -0.15) is 0 Å². The zero-order valence-electron chi connectivity index (χ0n) is 12.8. The van der Waals surface area contributed by atoms with Crippen molar-refractivity contribution in [3.8, 4) is 0 Å². The monoisotopic (exact) mass is 304 g/mol. The second kappa shape index (κ2) is 7.06. The smallest absolute Gasteiger partial charge is 0.311 e. The van der Waals surface area contributed by atoms with E-state index in [9.17, 15) is 14.4 Å². The summed E-state index contributed by atoms with van der Waals surface area (Å²) in [5.41, 5.74) is 0.974. The van der Waals surface area contributed by atoms with Gasteiger partial charge in [0, 0.05) is 19.5 Å². The van der Waals surface area contributed by atoms with E-state index in [-0.39, 0.29) is 24.8 Å². The minimum Gasteiger partial charge on any atom is -0.469 e. The van der Waals surface area contributed by atoms with Crippen LogP contribution >= 0.6 is 0 Å². The third-order valence-corrected chi connectivity index (χ3v) is 3.63. The van der Waals surface area contributed by atoms with Gasteiger partial charge in [0.25, 0.3) is 5.91 Å². The summed E-state index contributed by atoms with van der Waals surface area (Å²) in [6.45, 7) is 2.78. The third-order valence-electron chi connectivity index (χ3n) is 3.63. The summed E-state index contributed by atoms with van der Waals surface area (Å²) in [7, 11) is 1.31. The van der Waals surface area contributed by atoms with Crippen LogP contribution in [0.2, 0.25) is 0 Å². The summed E-state index contributed by atoms with van der Waals surface area (Å²) in [6.07, 6.45) is 0.943. The van der Waals surface area contributed by atoms with Gasteiger partial charge >= 0.3 is 5.97 Å². The Morgan fingerprint density at radius 2 is 2.09 bits per heavy atom. The van der Waals surface area contributed by atoms with Crippen molar-refractivity contribution in [2.75, 3.05) is 25.1 Å². The van der Waals surface area contributed by atoms with E-state index in [2.05, 4.69) is 5.32 Å². The number of carbonyl (C=O) groups excluding carboxylic acids is 3. The minimum absolute atomic E-state index is 0.109. The predicted octanol–water partition coefficient (Wildman–Crippen LogP) is 1.35. The number of amides is 2. The number of rotatable bonds is 5. The molecule has 22 heavy (non-hydrogen) atoms. The van der Waals surface area contributed by atoms with E-state index < -0.39 is 11.9 Å². The normalized spacial score (nSPS) is 17.5. The summed E-state index contributed by atoms with van der Waals surface area (Å²) in [6, 6.07) is 6.92. The molecule has 0 radical (unpaired) electrons. The summed E-state index contributed by atoms with van der Waals surface area (Å²) >= 11 is 0. The molecule has 0 aliphatic carbocycles. The van der Waals surface area contributed by atoms with Crippen LogP contribution in [-0.4, -0.2) is 38.0 Å². The molecule has 6 heteroatoms. The molecule has 1 N–H and O–H groups in total. The summed E-state index contributed by atoms with van der Waals surface area (Å²) < 4.78 is 4.70. The molecule has 1 aromatic rings. The second-order valence-electron chi connectivity index (χ2n) is 5.20. The van der Waals surface area contributed by atoms with Crippen molar-refractivity contribution in [1.82, 2.24) is 5.32 Å². The fourth-order valence-corrected chi connectivity index (χ4v) is 2.50. The van der Waals surface area contributed by atoms with Crippen molar-refractivity contribution in [3.05, 3.63) is 29.8 Å². The summed E-state index contributed by atoms with van der Waals surface area (Å²) in [5.74, 6) is -1.27. The first-order valence-electron chi connectivity index (χ1n) is 7.33. The Kier molecular flexibility index (Phi) is 5.14. The number of para-hydroxylation sites is 1. The molecule has 1 unspecified atom stereocenters. The van der Waals surface area contributed by atoms with Gasteiger partial charge in [-0.05, 0) is 18.6 Å². The fraction of sp³-hybridized carbons (Fsp3) is 0.438. The molecule has 1 heterocycles. The number of nitrogens with zero attached hydrogens (tertiary/aromatic N) is 1. The van der Waals surface area contributed by atoms with Crippen LogP contribution in [0.15, 0.2) is 24.3 Å². The first-order valence-corrected chi connectivity index (χ1v) is 7.33. The molecule has 0 saturated carbocycles. The van der Waals surface area contributed by atoms with E-state index in [1.54, 1.807) is 24.3 Å². The van der Waals surface area contributed by atoms with Crippen LogP contribution in [0.25, 0.3) is 0 Å². The van der Waals surface area contributed by atoms with Gasteiger partial charge in [-0.25, -0.2) is 0 Å². The number of hydrogen-bond donors (Lipinski definition) is 1. The van der Waals surface area contributed by atoms with E-state index in [4.69, 9.17) is 4.74 Å². The van der Waals surface area contributed by atoms with Crippen molar-refractivity contribution in [1.29, 1.82) is 0 Å². The maximum atomic E-state index is 12.2. The SMILES string of the molecule is CCCNC(=O)c1ccccc1N1CC(C(=O)OC)CC1=O. The molecular weight excluding hydrogens is 284 g/mol. The number of carbonyl (C=O) groups is 3. The zero-order valence-corrected chi connectivity index (χ0v) is 12.8. The van der Waals surface area contributed by atoms with Crippen LogP contribution in [0, 0.1) is 5.92 Å². The highest BCUT2D eigenvalue weighted by Crippen LogP contribution is 2.28. The molecule has 2 rings (SSSR count). The molecule has 1 fully saturated rings. The Morgan fingerprint density at radius 1 is 1.36 bits per heavy atom. The zero-order chi connectivity index (χ0) is 16.1. The van der Waals surface area contributed by atoms with E-state index in [1.807, 2.05) is 6.92 Å². The van der Waals surface area contributed by atoms with Crippen molar-refractivity contribution in [2.24, 2.45) is 5.92 Å². The molecule has 1 aromatic carbocycles. The lowest BCUT2D eigenvalue weighted by Gasteiger charge is -2.19. The summed E-state index contributed by atoms with van der Waals surface area (Å²) in [5, 5.41) is 2.80. The van der Waals surface area contributed by atoms with Gasteiger partial charge < -0.3 is 15.0 Å². The van der Waals surface area contributed by atoms with Gasteiger partial charge in [-0.3, -0.25) is 14.4 Å². The van der Waals surface area contributed by atoms with Gasteiger partial charge in [0.05, 0.1) is 24.3 Å². The van der Waals surface area contributed by atoms with Crippen molar-refractivity contribution >= 4 is 23.5 Å². The molecular formula is C16H20N2O4. The minimum atomic E-state index is -0.482. The maximum absolute atomic E-state index is 12.2. The topological polar surface area (TPSA) is 75.7 Å². The average Bonchev–Trinajstić information content (AvgIpc) is 2.93. The van der Waals surface area contributed by atoms with Crippen LogP contribution in [0.3, 0.4) is 0 Å². The molecule has 2 amide bonds. The Labute approximate surface area is 129 Å². The van der Waals surface area contributed by atoms with Crippen molar-refractivity contribution < 1.29 is 19.1 Å². The van der Waals surface area contributed by atoms with Crippen LogP contribution < -0.4 is 10.2 Å². The number of benzene rings is 1. The van der Waals surface area contributed by atoms with E-state index in [0.717, 1.165) is 6.42 Å². The van der Waals surface area contributed by atoms with Gasteiger partial charge in [0.15, 0.2) is 0 Å². The number of nitrogens with one attached hydrogen (secondary N) is 1. The fourth-order valence-electron chi connectivity index (χ4n) is 2.50. The number of esters is 1. The number of methoxy groups -OCH3 is 1. The summed E-state index contributed by atoms with van der Waals surface area (Å²) in [4.78, 5) is 37.5. The number of ether oxygens (including phenoxy) is 1. The van der Waals surface area contributed by atoms with Gasteiger partial charge in [-0.1, -0.05) is 19.1 Å². The predicted molar refractivity (Wildman–Crippen MR) is 81.5 cm³/mol. The largest absolute Gasteiger partial charge is 0.469 e. The highest BCUT2D eigenvalue weighted by Gasteiger charge is 2.37. The molecule has 0 bridgehead atoms. The number of anilines is 1. The van der Waals surface area contributed by atoms with Crippen LogP contribution in [0.1, 0.15) is 30.1 Å². The molecule has 6 nitrogen and oxygen atoms in total. The Bertz CT molecular complexity index is 585. The average molecular weight is 304 g/mol. The van der Waals surface area contributed by atoms with Crippen LogP contribution in [0.4, 0.5) is 5.69 Å². The second-order valence-corrected chi connectivity index (χ2v) is 5.20. The van der Waals surface area contributed by atoms with Crippen molar-refractivity contribution in [2.45, 2.75) is 19.8 Å². The van der Waals surface area contributed by atoms with E-state index in [0.29, 0.717) is 17.8 Å². The first-order chi connectivity index (χ1) is 10.6. The van der Waals surface area contributed by atoms with E-state index in [1.165, 1.54) is 12.0 Å². The van der Waals surface area contributed by atoms with E-state index >= 15 is 0 Å². The quantitative estimate of drug-likeness (QED) is 0.833. The lowest BCUT2D eigenvalue weighted by atomic mass is 10.1. The lowest BCUT2D eigenvalue weighted by molar-refractivity contribution is -0.145. The van der Waals surface area contributed by atoms with Gasteiger partial charge in [0.1, 0.15) is 0 Å². The van der Waals surface area contributed by atoms with Gasteiger partial charge in [-0.15, -0.1) is 0 Å². The maximum Gasteiger partial charge on any atom is 0.311 e. The molecule has 0 spiro atoms. The molecule has 118 valence electrons. The molecule has 1 saturated heterocycles. The molecule has 1 aliphatic heterocycles.